The van der Waals surface area contributed by atoms with Crippen LogP contribution in [0.3, 0.4) is 0 Å². The van der Waals surface area contributed by atoms with Gasteiger partial charge in [-0.1, -0.05) is 52.4 Å². The fraction of sp³-hybridized carbons (Fsp3) is 0.917. The molecule has 4 nitrogen and oxygen atoms in total. The Hall–Kier alpha value is -0.610. The van der Waals surface area contributed by atoms with Crippen LogP contribution in [0.25, 0.3) is 0 Å². The molecular formula is C12H26N2O2. The number of hydrogen-bond donors (Lipinski definition) is 2. The van der Waals surface area contributed by atoms with Crippen molar-refractivity contribution >= 4 is 5.97 Å². The van der Waals surface area contributed by atoms with Gasteiger partial charge in [0.15, 0.2) is 0 Å². The first-order valence-electron chi connectivity index (χ1n) is 6.37. The van der Waals surface area contributed by atoms with Gasteiger partial charge >= 0.3 is 5.97 Å². The number of carbonyl (C=O) groups is 1. The molecule has 0 aromatic heterocycles. The molecule has 0 spiro atoms. The summed E-state index contributed by atoms with van der Waals surface area (Å²) < 4.78 is 0. The lowest BCUT2D eigenvalue weighted by Crippen LogP contribution is -2.45. The Balaban J connectivity index is 3.65. The van der Waals surface area contributed by atoms with Crippen LogP contribution in [0.15, 0.2) is 0 Å². The van der Waals surface area contributed by atoms with E-state index >= 15 is 0 Å². The van der Waals surface area contributed by atoms with Gasteiger partial charge in [-0.05, 0) is 6.42 Å². The number of carboxylic acid groups (broad SMARTS) is 1. The highest BCUT2D eigenvalue weighted by molar-refractivity contribution is 5.73. The summed E-state index contributed by atoms with van der Waals surface area (Å²) in [7, 11) is 0. The van der Waals surface area contributed by atoms with Crippen LogP contribution < -0.4 is 5.84 Å². The van der Waals surface area contributed by atoms with Crippen molar-refractivity contribution in [1.29, 1.82) is 0 Å². The fourth-order valence-corrected chi connectivity index (χ4v) is 1.77. The van der Waals surface area contributed by atoms with Crippen LogP contribution in [0.1, 0.15) is 58.8 Å². The minimum absolute atomic E-state index is 0.517. The van der Waals surface area contributed by atoms with Crippen molar-refractivity contribution in [3.8, 4) is 0 Å². The second-order valence-corrected chi connectivity index (χ2v) is 4.24. The highest BCUT2D eigenvalue weighted by atomic mass is 16.4. The van der Waals surface area contributed by atoms with E-state index in [4.69, 9.17) is 10.9 Å². The van der Waals surface area contributed by atoms with Gasteiger partial charge in [-0.15, -0.1) is 0 Å². The zero-order valence-corrected chi connectivity index (χ0v) is 10.6. The summed E-state index contributed by atoms with van der Waals surface area (Å²) in [6.45, 7) is 4.64. The van der Waals surface area contributed by atoms with Crippen molar-refractivity contribution < 1.29 is 9.90 Å². The molecule has 0 aromatic carbocycles. The fourth-order valence-electron chi connectivity index (χ4n) is 1.77. The molecule has 0 aliphatic heterocycles. The molecule has 3 N–H and O–H groups in total. The van der Waals surface area contributed by atoms with Crippen molar-refractivity contribution in [3.05, 3.63) is 0 Å². The van der Waals surface area contributed by atoms with E-state index in [0.29, 0.717) is 13.0 Å². The molecule has 0 aromatic rings. The molecule has 0 rings (SSSR count). The molecule has 1 unspecified atom stereocenters. The second kappa shape index (κ2) is 9.60. The molecule has 0 saturated heterocycles. The lowest BCUT2D eigenvalue weighted by atomic mass is 10.1. The van der Waals surface area contributed by atoms with Crippen molar-refractivity contribution in [1.82, 2.24) is 5.01 Å². The predicted molar refractivity (Wildman–Crippen MR) is 66.0 cm³/mol. The molecule has 1 atom stereocenters. The maximum atomic E-state index is 10.9. The lowest BCUT2D eigenvalue weighted by Gasteiger charge is -2.22. The van der Waals surface area contributed by atoms with Crippen molar-refractivity contribution in [2.75, 3.05) is 6.54 Å². The van der Waals surface area contributed by atoms with Crippen LogP contribution in [0.2, 0.25) is 0 Å². The van der Waals surface area contributed by atoms with Crippen LogP contribution in [0.5, 0.6) is 0 Å². The summed E-state index contributed by atoms with van der Waals surface area (Å²) >= 11 is 0. The Morgan fingerprint density at radius 1 is 1.19 bits per heavy atom. The highest BCUT2D eigenvalue weighted by Gasteiger charge is 2.20. The summed E-state index contributed by atoms with van der Waals surface area (Å²) in [6, 6.07) is -0.517. The summed E-state index contributed by atoms with van der Waals surface area (Å²) in [5.74, 6) is 4.83. The lowest BCUT2D eigenvalue weighted by molar-refractivity contribution is -0.143. The van der Waals surface area contributed by atoms with E-state index in [-0.39, 0.29) is 0 Å². The van der Waals surface area contributed by atoms with Gasteiger partial charge < -0.3 is 5.11 Å². The van der Waals surface area contributed by atoms with Gasteiger partial charge in [-0.3, -0.25) is 10.6 Å². The predicted octanol–water partition coefficient (Wildman–Crippen LogP) is 2.39. The van der Waals surface area contributed by atoms with Gasteiger partial charge in [-0.25, -0.2) is 5.01 Å². The third-order valence-corrected chi connectivity index (χ3v) is 2.88. The van der Waals surface area contributed by atoms with E-state index in [1.807, 2.05) is 6.92 Å². The second-order valence-electron chi connectivity index (χ2n) is 4.24. The average Bonchev–Trinajstić information content (AvgIpc) is 2.26. The third kappa shape index (κ3) is 6.80. The Morgan fingerprint density at radius 2 is 1.75 bits per heavy atom. The zero-order valence-electron chi connectivity index (χ0n) is 10.6. The summed E-state index contributed by atoms with van der Waals surface area (Å²) in [4.78, 5) is 10.9. The van der Waals surface area contributed by atoms with E-state index in [2.05, 4.69) is 6.92 Å². The minimum atomic E-state index is -0.807. The van der Waals surface area contributed by atoms with E-state index in [1.165, 1.54) is 30.7 Å². The molecule has 0 aliphatic carbocycles. The van der Waals surface area contributed by atoms with Crippen molar-refractivity contribution in [3.63, 3.8) is 0 Å². The normalized spacial score (nSPS) is 13.0. The quantitative estimate of drug-likeness (QED) is 0.343. The number of rotatable bonds is 10. The number of likely N-dealkylation sites (N-methyl/N-ethyl adjacent to an activating group) is 1. The van der Waals surface area contributed by atoms with E-state index in [9.17, 15) is 4.79 Å². The Morgan fingerprint density at radius 3 is 2.25 bits per heavy atom. The SMILES string of the molecule is CCCCCCCCC(C(=O)O)N(N)CC. The van der Waals surface area contributed by atoms with Crippen molar-refractivity contribution in [2.24, 2.45) is 5.84 Å². The standard InChI is InChI=1S/C12H26N2O2/c1-3-5-6-7-8-9-10-11(12(15)16)14(13)4-2/h11H,3-10,13H2,1-2H3,(H,15,16). The minimum Gasteiger partial charge on any atom is -0.480 e. The first-order valence-corrected chi connectivity index (χ1v) is 6.37. The monoisotopic (exact) mass is 230 g/mol. The number of nitrogens with two attached hydrogens (primary N) is 1. The molecular weight excluding hydrogens is 204 g/mol. The summed E-state index contributed by atoms with van der Waals surface area (Å²) in [5.41, 5.74) is 0. The topological polar surface area (TPSA) is 66.6 Å². The number of hydrazine groups is 1. The van der Waals surface area contributed by atoms with Crippen LogP contribution in [-0.2, 0) is 4.79 Å². The largest absolute Gasteiger partial charge is 0.480 e. The first-order chi connectivity index (χ1) is 7.63. The maximum absolute atomic E-state index is 10.9. The van der Waals surface area contributed by atoms with Crippen LogP contribution >= 0.6 is 0 Å². The molecule has 0 saturated carbocycles. The Kier molecular flexibility index (Phi) is 9.24. The molecule has 0 radical (unpaired) electrons. The van der Waals surface area contributed by atoms with Gasteiger partial charge in [0, 0.05) is 6.54 Å². The number of aliphatic carboxylic acids is 1. The summed E-state index contributed by atoms with van der Waals surface area (Å²) in [5, 5.41) is 10.4. The Bertz CT molecular complexity index is 186. The van der Waals surface area contributed by atoms with E-state index in [0.717, 1.165) is 12.8 Å². The van der Waals surface area contributed by atoms with Gasteiger partial charge in [0.25, 0.3) is 0 Å². The van der Waals surface area contributed by atoms with Crippen LogP contribution in [-0.4, -0.2) is 28.7 Å². The molecule has 96 valence electrons. The van der Waals surface area contributed by atoms with Crippen molar-refractivity contribution in [2.45, 2.75) is 64.8 Å². The smallest absolute Gasteiger partial charge is 0.322 e. The van der Waals surface area contributed by atoms with Gasteiger partial charge in [0.2, 0.25) is 0 Å². The van der Waals surface area contributed by atoms with E-state index < -0.39 is 12.0 Å². The van der Waals surface area contributed by atoms with E-state index in [1.54, 1.807) is 0 Å². The third-order valence-electron chi connectivity index (χ3n) is 2.88. The average molecular weight is 230 g/mol. The maximum Gasteiger partial charge on any atom is 0.322 e. The molecule has 16 heavy (non-hydrogen) atoms. The van der Waals surface area contributed by atoms with Gasteiger partial charge in [0.05, 0.1) is 0 Å². The molecule has 0 fully saturated rings. The molecule has 0 aliphatic rings. The number of carboxylic acids is 1. The van der Waals surface area contributed by atoms with Crippen LogP contribution in [0.4, 0.5) is 0 Å². The molecule has 0 heterocycles. The van der Waals surface area contributed by atoms with Gasteiger partial charge in [-0.2, -0.15) is 0 Å². The molecule has 0 bridgehead atoms. The van der Waals surface area contributed by atoms with Gasteiger partial charge in [0.1, 0.15) is 6.04 Å². The first kappa shape index (κ1) is 15.4. The number of nitrogens with zero attached hydrogens (tertiary/aromatic N) is 1. The summed E-state index contributed by atoms with van der Waals surface area (Å²) in [6.07, 6.45) is 7.71. The molecule has 0 amide bonds. The highest BCUT2D eigenvalue weighted by Crippen LogP contribution is 2.10. The van der Waals surface area contributed by atoms with Crippen LogP contribution in [0, 0.1) is 0 Å². The molecule has 4 heteroatoms. The zero-order chi connectivity index (χ0) is 12.4. The Labute approximate surface area is 98.8 Å². The number of hydrogen-bond acceptors (Lipinski definition) is 3. The number of unbranched alkanes of at least 4 members (excludes halogenated alkanes) is 5.